The number of anilines is 1. The number of carbonyl (C=O) groups is 1. The maximum Gasteiger partial charge on any atom is 0.255 e. The van der Waals surface area contributed by atoms with Gasteiger partial charge in [0.25, 0.3) is 5.91 Å². The molecule has 0 aliphatic heterocycles. The molecular formula is C13H19N3O. The number of hydrogen-bond donors (Lipinski definition) is 2. The summed E-state index contributed by atoms with van der Waals surface area (Å²) in [5.74, 6) is -0.0379. The third-order valence-electron chi connectivity index (χ3n) is 3.43. The first kappa shape index (κ1) is 11.9. The Kier molecular flexibility index (Phi) is 3.05. The average Bonchev–Trinajstić information content (AvgIpc) is 2.26. The van der Waals surface area contributed by atoms with E-state index in [0.29, 0.717) is 5.56 Å². The third kappa shape index (κ3) is 2.40. The highest BCUT2D eigenvalue weighted by molar-refractivity contribution is 5.99. The fourth-order valence-electron chi connectivity index (χ4n) is 2.12. The summed E-state index contributed by atoms with van der Waals surface area (Å²) in [6.07, 6.45) is 4.96. The average molecular weight is 233 g/mol. The Hall–Kier alpha value is -1.58. The van der Waals surface area contributed by atoms with E-state index in [1.165, 1.54) is 6.42 Å². The molecule has 4 heteroatoms. The molecule has 92 valence electrons. The molecule has 17 heavy (non-hydrogen) atoms. The van der Waals surface area contributed by atoms with Crippen LogP contribution in [0.15, 0.2) is 12.3 Å². The lowest BCUT2D eigenvalue weighted by atomic mass is 9.78. The van der Waals surface area contributed by atoms with Gasteiger partial charge in [-0.1, -0.05) is 0 Å². The number of nitrogens with zero attached hydrogens (tertiary/aromatic N) is 1. The highest BCUT2D eigenvalue weighted by atomic mass is 16.1. The number of aromatic nitrogens is 1. The zero-order chi connectivity index (χ0) is 12.5. The summed E-state index contributed by atoms with van der Waals surface area (Å²) < 4.78 is 0. The molecule has 0 spiro atoms. The molecule has 1 aliphatic carbocycles. The third-order valence-corrected chi connectivity index (χ3v) is 3.43. The van der Waals surface area contributed by atoms with Crippen molar-refractivity contribution in [1.82, 2.24) is 10.3 Å². The highest BCUT2D eigenvalue weighted by Gasteiger charge is 2.33. The van der Waals surface area contributed by atoms with Gasteiger partial charge < -0.3 is 10.6 Å². The van der Waals surface area contributed by atoms with Gasteiger partial charge in [0.2, 0.25) is 0 Å². The number of rotatable bonds is 3. The summed E-state index contributed by atoms with van der Waals surface area (Å²) in [7, 11) is 1.82. The number of hydrogen-bond acceptors (Lipinski definition) is 3. The molecule has 1 aromatic rings. The fraction of sp³-hybridized carbons (Fsp3) is 0.538. The van der Waals surface area contributed by atoms with Crippen molar-refractivity contribution < 1.29 is 4.79 Å². The largest absolute Gasteiger partial charge is 0.387 e. The van der Waals surface area contributed by atoms with E-state index in [-0.39, 0.29) is 11.4 Å². The molecule has 0 atom stereocenters. The van der Waals surface area contributed by atoms with Crippen LogP contribution >= 0.6 is 0 Å². The van der Waals surface area contributed by atoms with Crippen LogP contribution in [0.2, 0.25) is 0 Å². The van der Waals surface area contributed by atoms with E-state index in [2.05, 4.69) is 22.5 Å². The van der Waals surface area contributed by atoms with Gasteiger partial charge in [-0.05, 0) is 39.2 Å². The number of nitrogens with one attached hydrogen (secondary N) is 2. The molecule has 0 aromatic carbocycles. The van der Waals surface area contributed by atoms with Crippen LogP contribution in [0, 0.1) is 6.92 Å². The van der Waals surface area contributed by atoms with Crippen molar-refractivity contribution in [3.63, 3.8) is 0 Å². The van der Waals surface area contributed by atoms with Crippen LogP contribution in [0.5, 0.6) is 0 Å². The normalized spacial score (nSPS) is 17.1. The minimum Gasteiger partial charge on any atom is -0.387 e. The minimum atomic E-state index is -0.0379. The molecule has 1 fully saturated rings. The lowest BCUT2D eigenvalue weighted by Crippen LogP contribution is -2.51. The number of pyridine rings is 1. The van der Waals surface area contributed by atoms with Crippen LogP contribution in [0.4, 0.5) is 5.69 Å². The van der Waals surface area contributed by atoms with Crippen LogP contribution in [-0.4, -0.2) is 23.5 Å². The van der Waals surface area contributed by atoms with Crippen molar-refractivity contribution >= 4 is 11.6 Å². The van der Waals surface area contributed by atoms with Gasteiger partial charge in [0.15, 0.2) is 0 Å². The number of carbonyl (C=O) groups excluding carboxylic acids is 1. The standard InChI is InChI=1S/C13H19N3O/c1-9-7-11(14-3)10(8-15-9)12(17)16-13(2)5-4-6-13/h7-8H,4-6H2,1-3H3,(H,14,15)(H,16,17). The summed E-state index contributed by atoms with van der Waals surface area (Å²) in [6, 6.07) is 1.89. The van der Waals surface area contributed by atoms with Gasteiger partial charge in [-0.25, -0.2) is 0 Å². The Labute approximate surface area is 102 Å². The van der Waals surface area contributed by atoms with Gasteiger partial charge in [0.1, 0.15) is 0 Å². The van der Waals surface area contributed by atoms with E-state index in [0.717, 1.165) is 24.2 Å². The van der Waals surface area contributed by atoms with Crippen LogP contribution < -0.4 is 10.6 Å². The van der Waals surface area contributed by atoms with Gasteiger partial charge in [-0.2, -0.15) is 0 Å². The second-order valence-corrected chi connectivity index (χ2v) is 4.99. The van der Waals surface area contributed by atoms with E-state index in [9.17, 15) is 4.79 Å². The molecule has 4 nitrogen and oxygen atoms in total. The Balaban J connectivity index is 2.18. The summed E-state index contributed by atoms with van der Waals surface area (Å²) in [5, 5.41) is 6.12. The topological polar surface area (TPSA) is 54.0 Å². The van der Waals surface area contributed by atoms with Crippen LogP contribution in [0.1, 0.15) is 42.2 Å². The van der Waals surface area contributed by atoms with Gasteiger partial charge in [-0.15, -0.1) is 0 Å². The Bertz CT molecular complexity index is 438. The van der Waals surface area contributed by atoms with E-state index >= 15 is 0 Å². The number of amides is 1. The van der Waals surface area contributed by atoms with Gasteiger partial charge in [0.05, 0.1) is 11.3 Å². The molecule has 1 aromatic heterocycles. The van der Waals surface area contributed by atoms with Crippen molar-refractivity contribution in [3.05, 3.63) is 23.5 Å². The molecule has 2 N–H and O–H groups in total. The maximum absolute atomic E-state index is 12.2. The van der Waals surface area contributed by atoms with E-state index in [1.54, 1.807) is 6.20 Å². The molecule has 0 radical (unpaired) electrons. The van der Waals surface area contributed by atoms with Crippen molar-refractivity contribution in [2.45, 2.75) is 38.6 Å². The Morgan fingerprint density at radius 3 is 2.71 bits per heavy atom. The molecule has 1 aliphatic rings. The molecule has 0 saturated heterocycles. The minimum absolute atomic E-state index is 0.0209. The molecule has 1 amide bonds. The monoisotopic (exact) mass is 233 g/mol. The Morgan fingerprint density at radius 1 is 1.47 bits per heavy atom. The van der Waals surface area contributed by atoms with Crippen LogP contribution in [0.25, 0.3) is 0 Å². The second-order valence-electron chi connectivity index (χ2n) is 4.99. The maximum atomic E-state index is 12.2. The smallest absolute Gasteiger partial charge is 0.255 e. The van der Waals surface area contributed by atoms with Crippen molar-refractivity contribution in [2.75, 3.05) is 12.4 Å². The molecule has 0 bridgehead atoms. The fourth-order valence-corrected chi connectivity index (χ4v) is 2.12. The second kappa shape index (κ2) is 4.35. The van der Waals surface area contributed by atoms with Gasteiger partial charge in [0, 0.05) is 24.5 Å². The number of aryl methyl sites for hydroxylation is 1. The van der Waals surface area contributed by atoms with Gasteiger partial charge >= 0.3 is 0 Å². The van der Waals surface area contributed by atoms with Crippen LogP contribution in [-0.2, 0) is 0 Å². The molecule has 0 unspecified atom stereocenters. The summed E-state index contributed by atoms with van der Waals surface area (Å²) in [5.41, 5.74) is 2.33. The lowest BCUT2D eigenvalue weighted by Gasteiger charge is -2.39. The first-order valence-corrected chi connectivity index (χ1v) is 6.01. The lowest BCUT2D eigenvalue weighted by molar-refractivity contribution is 0.0851. The van der Waals surface area contributed by atoms with E-state index < -0.39 is 0 Å². The molecular weight excluding hydrogens is 214 g/mol. The highest BCUT2D eigenvalue weighted by Crippen LogP contribution is 2.31. The summed E-state index contributed by atoms with van der Waals surface area (Å²) in [6.45, 7) is 4.00. The summed E-state index contributed by atoms with van der Waals surface area (Å²) in [4.78, 5) is 16.3. The quantitative estimate of drug-likeness (QED) is 0.840. The van der Waals surface area contributed by atoms with Crippen molar-refractivity contribution in [2.24, 2.45) is 0 Å². The van der Waals surface area contributed by atoms with Crippen LogP contribution in [0.3, 0.4) is 0 Å². The molecule has 1 saturated carbocycles. The van der Waals surface area contributed by atoms with Gasteiger partial charge in [-0.3, -0.25) is 9.78 Å². The predicted molar refractivity (Wildman–Crippen MR) is 68.2 cm³/mol. The zero-order valence-electron chi connectivity index (χ0n) is 10.6. The Morgan fingerprint density at radius 2 is 2.18 bits per heavy atom. The molecule has 1 heterocycles. The molecule has 2 rings (SSSR count). The van der Waals surface area contributed by atoms with Crippen molar-refractivity contribution in [1.29, 1.82) is 0 Å². The zero-order valence-corrected chi connectivity index (χ0v) is 10.6. The van der Waals surface area contributed by atoms with E-state index in [1.807, 2.05) is 20.0 Å². The van der Waals surface area contributed by atoms with Crippen molar-refractivity contribution in [3.8, 4) is 0 Å². The predicted octanol–water partition coefficient (Wildman–Crippen LogP) is 2.10. The van der Waals surface area contributed by atoms with E-state index in [4.69, 9.17) is 0 Å². The first-order valence-electron chi connectivity index (χ1n) is 6.01. The first-order chi connectivity index (χ1) is 8.04. The summed E-state index contributed by atoms with van der Waals surface area (Å²) >= 11 is 0. The SMILES string of the molecule is CNc1cc(C)ncc1C(=O)NC1(C)CCC1.